The number of hydrogen-bond acceptors (Lipinski definition) is 10. The molecule has 0 bridgehead atoms. The van der Waals surface area contributed by atoms with Gasteiger partial charge in [-0.1, -0.05) is 13.8 Å². The molecule has 0 spiro atoms. The highest BCUT2D eigenvalue weighted by Gasteiger charge is 2.32. The number of aliphatic carboxylic acids is 1. The Balaban J connectivity index is 5.38. The highest BCUT2D eigenvalue weighted by molar-refractivity contribution is 5.96. The number of aliphatic hydroxyl groups is 1. The summed E-state index contributed by atoms with van der Waals surface area (Å²) in [5.41, 5.74) is 16.5. The molecule has 6 amide bonds. The molecule has 17 heteroatoms. The number of aliphatic hydroxyl groups excluding tert-OH is 1. The van der Waals surface area contributed by atoms with Crippen molar-refractivity contribution >= 4 is 41.4 Å². The predicted molar refractivity (Wildman–Crippen MR) is 145 cm³/mol. The molecule has 0 aliphatic heterocycles. The number of carboxylic acid groups (broad SMARTS) is 1. The lowest BCUT2D eigenvalue weighted by Gasteiger charge is -2.25. The zero-order chi connectivity index (χ0) is 31.9. The molecule has 0 aromatic carbocycles. The molecule has 0 rings (SSSR count). The summed E-state index contributed by atoms with van der Waals surface area (Å²) in [5, 5.41) is 30.4. The summed E-state index contributed by atoms with van der Waals surface area (Å²) in [6.45, 7) is 5.54. The Bertz CT molecular complexity index is 944. The van der Waals surface area contributed by atoms with E-state index in [0.717, 1.165) is 6.92 Å². The second-order valence-electron chi connectivity index (χ2n) is 9.92. The first-order valence-corrected chi connectivity index (χ1v) is 13.1. The minimum Gasteiger partial charge on any atom is -0.480 e. The van der Waals surface area contributed by atoms with E-state index < -0.39 is 90.7 Å². The zero-order valence-corrected chi connectivity index (χ0v) is 23.8. The second-order valence-corrected chi connectivity index (χ2v) is 9.92. The van der Waals surface area contributed by atoms with Gasteiger partial charge < -0.3 is 54.0 Å². The van der Waals surface area contributed by atoms with Gasteiger partial charge in [-0.25, -0.2) is 0 Å². The number of hydrogen-bond donors (Lipinski definition) is 10. The second kappa shape index (κ2) is 18.5. The number of amides is 6. The van der Waals surface area contributed by atoms with Gasteiger partial charge in [0.15, 0.2) is 0 Å². The lowest BCUT2D eigenvalue weighted by Crippen LogP contribution is -2.59. The Kier molecular flexibility index (Phi) is 16.8. The number of nitrogens with two attached hydrogens (primary N) is 3. The highest BCUT2D eigenvalue weighted by Crippen LogP contribution is 2.04. The zero-order valence-electron chi connectivity index (χ0n) is 23.8. The molecule has 0 fully saturated rings. The Hall–Kier alpha value is -3.83. The maximum atomic E-state index is 12.8. The highest BCUT2D eigenvalue weighted by atomic mass is 16.4. The molecular weight excluding hydrogens is 544 g/mol. The van der Waals surface area contributed by atoms with Crippen molar-refractivity contribution in [1.29, 1.82) is 0 Å². The molecule has 0 radical (unpaired) electrons. The van der Waals surface area contributed by atoms with Crippen molar-refractivity contribution in [2.24, 2.45) is 23.1 Å². The van der Waals surface area contributed by atoms with Crippen molar-refractivity contribution in [3.05, 3.63) is 0 Å². The van der Waals surface area contributed by atoms with Crippen LogP contribution in [0.2, 0.25) is 0 Å². The topological polar surface area (TPSA) is 298 Å². The molecule has 0 aromatic heterocycles. The quantitative estimate of drug-likeness (QED) is 0.0641. The molecule has 0 aliphatic carbocycles. The standard InChI is InChI=1S/C24H44N8O9/c1-11(2)18(27)22(38)30-14(7-5-6-8-25)20(36)28-10-17(35)32-19(13(4)33)23(39)31-15(9-16(26)34)21(37)29-12(3)24(40)41/h11-15,18-19,33H,5-10,25,27H2,1-4H3,(H2,26,34)(H,28,36)(H,29,37)(H,30,38)(H,31,39)(H,32,35)(H,40,41)/t12-,13+,14-,15-,18-,19-/m0/s1. The fourth-order valence-electron chi connectivity index (χ4n) is 3.30. The van der Waals surface area contributed by atoms with Crippen molar-refractivity contribution < 1.29 is 43.8 Å². The van der Waals surface area contributed by atoms with E-state index in [0.29, 0.717) is 19.4 Å². The summed E-state index contributed by atoms with van der Waals surface area (Å²) >= 11 is 0. The van der Waals surface area contributed by atoms with E-state index in [4.69, 9.17) is 22.3 Å². The summed E-state index contributed by atoms with van der Waals surface area (Å²) in [6.07, 6.45) is -0.869. The number of primary amides is 1. The lowest BCUT2D eigenvalue weighted by atomic mass is 10.0. The van der Waals surface area contributed by atoms with Gasteiger partial charge in [0.1, 0.15) is 24.2 Å². The normalized spacial score (nSPS) is 15.3. The Labute approximate surface area is 238 Å². The molecule has 0 saturated heterocycles. The first-order chi connectivity index (χ1) is 19.0. The van der Waals surface area contributed by atoms with Gasteiger partial charge in [-0.15, -0.1) is 0 Å². The molecule has 17 nitrogen and oxygen atoms in total. The van der Waals surface area contributed by atoms with Gasteiger partial charge in [-0.2, -0.15) is 0 Å². The molecule has 41 heavy (non-hydrogen) atoms. The van der Waals surface area contributed by atoms with E-state index in [2.05, 4.69) is 26.6 Å². The summed E-state index contributed by atoms with van der Waals surface area (Å²) in [4.78, 5) is 85.2. The van der Waals surface area contributed by atoms with Crippen LogP contribution >= 0.6 is 0 Å². The number of nitrogens with one attached hydrogen (secondary N) is 5. The van der Waals surface area contributed by atoms with Crippen molar-refractivity contribution in [1.82, 2.24) is 26.6 Å². The van der Waals surface area contributed by atoms with Gasteiger partial charge in [0.25, 0.3) is 0 Å². The predicted octanol–water partition coefficient (Wildman–Crippen LogP) is -4.49. The monoisotopic (exact) mass is 588 g/mol. The maximum Gasteiger partial charge on any atom is 0.325 e. The average Bonchev–Trinajstić information content (AvgIpc) is 2.87. The molecule has 234 valence electrons. The van der Waals surface area contributed by atoms with Gasteiger partial charge in [-0.3, -0.25) is 33.6 Å². The van der Waals surface area contributed by atoms with Gasteiger partial charge in [0.05, 0.1) is 25.1 Å². The summed E-state index contributed by atoms with van der Waals surface area (Å²) in [7, 11) is 0. The number of unbranched alkanes of at least 4 members (excludes halogenated alkanes) is 1. The maximum absolute atomic E-state index is 12.8. The van der Waals surface area contributed by atoms with E-state index in [1.165, 1.54) is 6.92 Å². The van der Waals surface area contributed by atoms with Crippen LogP contribution in [0.25, 0.3) is 0 Å². The van der Waals surface area contributed by atoms with Crippen LogP contribution in [-0.4, -0.2) is 101 Å². The molecule has 0 aliphatic rings. The Morgan fingerprint density at radius 1 is 0.780 bits per heavy atom. The van der Waals surface area contributed by atoms with Crippen LogP contribution in [0.3, 0.4) is 0 Å². The lowest BCUT2D eigenvalue weighted by molar-refractivity contribution is -0.142. The van der Waals surface area contributed by atoms with E-state index in [9.17, 15) is 38.7 Å². The third-order valence-electron chi connectivity index (χ3n) is 5.87. The summed E-state index contributed by atoms with van der Waals surface area (Å²) in [6, 6.07) is -6.46. The van der Waals surface area contributed by atoms with E-state index in [1.54, 1.807) is 13.8 Å². The van der Waals surface area contributed by atoms with Gasteiger partial charge in [0.2, 0.25) is 35.4 Å². The van der Waals surface area contributed by atoms with Crippen molar-refractivity contribution in [2.45, 2.75) is 89.7 Å². The number of carboxylic acids is 1. The van der Waals surface area contributed by atoms with E-state index in [-0.39, 0.29) is 12.3 Å². The number of rotatable bonds is 19. The van der Waals surface area contributed by atoms with Crippen LogP contribution in [-0.2, 0) is 33.6 Å². The number of carbonyl (C=O) groups excluding carboxylic acids is 6. The molecular formula is C24H44N8O9. The van der Waals surface area contributed by atoms with Crippen LogP contribution in [0.4, 0.5) is 0 Å². The minimum absolute atomic E-state index is 0.189. The van der Waals surface area contributed by atoms with Gasteiger partial charge in [-0.05, 0) is 45.6 Å². The molecule has 0 unspecified atom stereocenters. The molecule has 13 N–H and O–H groups in total. The molecule has 0 saturated carbocycles. The summed E-state index contributed by atoms with van der Waals surface area (Å²) < 4.78 is 0. The van der Waals surface area contributed by atoms with Crippen LogP contribution < -0.4 is 43.8 Å². The van der Waals surface area contributed by atoms with Crippen LogP contribution in [0, 0.1) is 5.92 Å². The van der Waals surface area contributed by atoms with Crippen LogP contribution in [0.5, 0.6) is 0 Å². The smallest absolute Gasteiger partial charge is 0.325 e. The first-order valence-electron chi connectivity index (χ1n) is 13.1. The summed E-state index contributed by atoms with van der Waals surface area (Å²) in [5.74, 6) is -6.81. The van der Waals surface area contributed by atoms with Crippen molar-refractivity contribution in [3.63, 3.8) is 0 Å². The van der Waals surface area contributed by atoms with Crippen molar-refractivity contribution in [3.8, 4) is 0 Å². The van der Waals surface area contributed by atoms with Crippen LogP contribution in [0.1, 0.15) is 53.4 Å². The fraction of sp³-hybridized carbons (Fsp3) is 0.708. The van der Waals surface area contributed by atoms with E-state index in [1.807, 2.05) is 0 Å². The Morgan fingerprint density at radius 3 is 1.85 bits per heavy atom. The van der Waals surface area contributed by atoms with Crippen molar-refractivity contribution in [2.75, 3.05) is 13.1 Å². The SMILES string of the molecule is CC(C)[C@H](N)C(=O)N[C@@H](CCCCN)C(=O)NCC(=O)N[C@H](C(=O)N[C@@H](CC(N)=O)C(=O)N[C@@H](C)C(=O)O)[C@@H](C)O. The van der Waals surface area contributed by atoms with E-state index >= 15 is 0 Å². The molecule has 0 aromatic rings. The third-order valence-corrected chi connectivity index (χ3v) is 5.87. The largest absolute Gasteiger partial charge is 0.480 e. The average molecular weight is 589 g/mol. The fourth-order valence-corrected chi connectivity index (χ4v) is 3.30. The molecule has 6 atom stereocenters. The molecule has 0 heterocycles. The van der Waals surface area contributed by atoms with Gasteiger partial charge >= 0.3 is 5.97 Å². The van der Waals surface area contributed by atoms with Gasteiger partial charge in [0, 0.05) is 0 Å². The number of carbonyl (C=O) groups is 7. The van der Waals surface area contributed by atoms with Crippen LogP contribution in [0.15, 0.2) is 0 Å². The minimum atomic E-state index is -1.64. The third kappa shape index (κ3) is 14.4. The first kappa shape index (κ1) is 37.2. The Morgan fingerprint density at radius 2 is 1.37 bits per heavy atom.